The van der Waals surface area contributed by atoms with Crippen LogP contribution < -0.4 is 5.32 Å². The number of hydrogen-bond donors (Lipinski definition) is 2. The van der Waals surface area contributed by atoms with E-state index in [4.69, 9.17) is 4.74 Å². The van der Waals surface area contributed by atoms with Crippen LogP contribution in [0, 0.1) is 0 Å². The maximum atomic E-state index is 13.4. The smallest absolute Gasteiger partial charge is 0.389 e. The van der Waals surface area contributed by atoms with Crippen LogP contribution in [0.3, 0.4) is 0 Å². The van der Waals surface area contributed by atoms with E-state index in [-0.39, 0.29) is 30.1 Å². The summed E-state index contributed by atoms with van der Waals surface area (Å²) in [5, 5.41) is 26.1. The van der Waals surface area contributed by atoms with Crippen molar-refractivity contribution in [3.8, 4) is 0 Å². The molecule has 216 valence electrons. The number of ether oxygens (including phenoxy) is 1. The third-order valence-corrected chi connectivity index (χ3v) is 7.58. The minimum Gasteiger partial charge on any atom is -0.389 e. The second kappa shape index (κ2) is 10.1. The van der Waals surface area contributed by atoms with Crippen molar-refractivity contribution >= 4 is 0 Å². The highest BCUT2D eigenvalue weighted by Gasteiger charge is 2.56. The topological polar surface area (TPSA) is 85.1 Å². The van der Waals surface area contributed by atoms with E-state index in [1.54, 1.807) is 18.5 Å². The number of rotatable bonds is 7. The summed E-state index contributed by atoms with van der Waals surface area (Å²) in [5.41, 5.74) is -3.92. The van der Waals surface area contributed by atoms with Crippen LogP contribution in [0.5, 0.6) is 0 Å². The monoisotopic (exact) mass is 569 g/mol. The van der Waals surface area contributed by atoms with E-state index in [0.29, 0.717) is 37.2 Å². The Morgan fingerprint density at radius 1 is 1.00 bits per heavy atom. The molecule has 0 spiro atoms. The zero-order valence-corrected chi connectivity index (χ0v) is 21.8. The molecular weight excluding hydrogens is 540 g/mol. The Balaban J connectivity index is 1.46. The molecule has 13 heteroatoms. The third kappa shape index (κ3) is 5.72. The van der Waals surface area contributed by atoms with E-state index in [9.17, 15) is 31.4 Å². The van der Waals surface area contributed by atoms with Gasteiger partial charge in [0.05, 0.1) is 41.5 Å². The Hall–Kier alpha value is -3.03. The van der Waals surface area contributed by atoms with Crippen LogP contribution in [0.15, 0.2) is 48.5 Å². The molecular formula is C27H29F6N5O2. The fraction of sp³-hybridized carbons (Fsp3) is 0.519. The van der Waals surface area contributed by atoms with Gasteiger partial charge in [-0.25, -0.2) is 4.68 Å². The van der Waals surface area contributed by atoms with E-state index in [0.717, 1.165) is 5.56 Å². The summed E-state index contributed by atoms with van der Waals surface area (Å²) in [4.78, 5) is 0. The number of tetrazole rings is 1. The lowest BCUT2D eigenvalue weighted by molar-refractivity contribution is -0.143. The van der Waals surface area contributed by atoms with Crippen molar-refractivity contribution in [1.29, 1.82) is 0 Å². The number of alkyl halides is 6. The van der Waals surface area contributed by atoms with E-state index in [2.05, 4.69) is 20.8 Å². The van der Waals surface area contributed by atoms with Crippen LogP contribution in [0.25, 0.3) is 0 Å². The van der Waals surface area contributed by atoms with E-state index < -0.39 is 47.3 Å². The molecule has 0 aliphatic carbocycles. The van der Waals surface area contributed by atoms with Gasteiger partial charge in [0.25, 0.3) is 0 Å². The molecule has 4 atom stereocenters. The second-order valence-electron chi connectivity index (χ2n) is 11.2. The summed E-state index contributed by atoms with van der Waals surface area (Å²) in [5.74, 6) is 0.419. The number of nitrogens with one attached hydrogen (secondary N) is 1. The molecule has 0 saturated carbocycles. The van der Waals surface area contributed by atoms with Gasteiger partial charge in [-0.05, 0) is 72.9 Å². The van der Waals surface area contributed by atoms with Gasteiger partial charge in [0.1, 0.15) is 0 Å². The number of benzene rings is 2. The van der Waals surface area contributed by atoms with Crippen LogP contribution in [0.4, 0.5) is 26.3 Å². The fourth-order valence-corrected chi connectivity index (χ4v) is 5.93. The first kappa shape index (κ1) is 28.5. The Bertz CT molecular complexity index is 1310. The first-order valence-electron chi connectivity index (χ1n) is 12.9. The maximum Gasteiger partial charge on any atom is 0.416 e. The van der Waals surface area contributed by atoms with Crippen molar-refractivity contribution in [2.45, 2.75) is 87.8 Å². The molecule has 2 aliphatic rings. The zero-order chi connectivity index (χ0) is 28.9. The standard InChI is InChI=1S/C27H29F6N5O2/c1-24(2,39)15-38-23(35-36-37-38)20-13-25(17-6-4-3-5-7-17)22(9-8-21(20)34-25)40-14-16-10-18(26(28,29)30)12-19(11-16)27(31,32)33/h3-7,10-12,20-22,34,39H,8-9,13-15H2,1-2H3. The average Bonchev–Trinajstić information content (AvgIpc) is 3.44. The van der Waals surface area contributed by atoms with Crippen molar-refractivity contribution in [2.24, 2.45) is 0 Å². The van der Waals surface area contributed by atoms with E-state index in [1.165, 1.54) is 0 Å². The van der Waals surface area contributed by atoms with Gasteiger partial charge in [-0.2, -0.15) is 26.3 Å². The lowest BCUT2D eigenvalue weighted by atomic mass is 9.80. The van der Waals surface area contributed by atoms with Crippen molar-refractivity contribution in [3.05, 3.63) is 76.6 Å². The molecule has 1 aromatic heterocycles. The fourth-order valence-electron chi connectivity index (χ4n) is 5.93. The summed E-state index contributed by atoms with van der Waals surface area (Å²) in [6.45, 7) is 3.04. The Morgan fingerprint density at radius 3 is 2.25 bits per heavy atom. The molecule has 0 radical (unpaired) electrons. The quantitative estimate of drug-likeness (QED) is 0.381. The predicted octanol–water partition coefficient (Wildman–Crippen LogP) is 5.20. The molecule has 7 nitrogen and oxygen atoms in total. The molecule has 0 amide bonds. The molecule has 2 aliphatic heterocycles. The van der Waals surface area contributed by atoms with Gasteiger partial charge in [-0.1, -0.05) is 30.3 Å². The van der Waals surface area contributed by atoms with Crippen LogP contribution >= 0.6 is 0 Å². The van der Waals surface area contributed by atoms with Gasteiger partial charge in [0.2, 0.25) is 0 Å². The number of halogens is 6. The highest BCUT2D eigenvalue weighted by atomic mass is 19.4. The molecule has 2 fully saturated rings. The number of aromatic nitrogens is 4. The molecule has 2 saturated heterocycles. The number of piperidine rings is 1. The third-order valence-electron chi connectivity index (χ3n) is 7.58. The largest absolute Gasteiger partial charge is 0.416 e. The van der Waals surface area contributed by atoms with Crippen molar-refractivity contribution in [2.75, 3.05) is 0 Å². The second-order valence-corrected chi connectivity index (χ2v) is 11.2. The van der Waals surface area contributed by atoms with Crippen LogP contribution in [-0.2, 0) is 35.8 Å². The Labute approximate surface area is 226 Å². The molecule has 3 heterocycles. The highest BCUT2D eigenvalue weighted by molar-refractivity contribution is 5.35. The van der Waals surface area contributed by atoms with E-state index in [1.807, 2.05) is 30.3 Å². The first-order chi connectivity index (χ1) is 18.7. The van der Waals surface area contributed by atoms with Crippen LogP contribution in [-0.4, -0.2) is 43.1 Å². The lowest BCUT2D eigenvalue weighted by Crippen LogP contribution is -2.54. The van der Waals surface area contributed by atoms with Crippen molar-refractivity contribution in [1.82, 2.24) is 25.5 Å². The lowest BCUT2D eigenvalue weighted by Gasteiger charge is -2.42. The summed E-state index contributed by atoms with van der Waals surface area (Å²) in [6.07, 6.45) is -8.82. The normalized spacial score (nSPS) is 25.4. The number of nitrogens with zero attached hydrogens (tertiary/aromatic N) is 4. The zero-order valence-electron chi connectivity index (χ0n) is 21.8. The maximum absolute atomic E-state index is 13.4. The summed E-state index contributed by atoms with van der Waals surface area (Å²) < 4.78 is 88.1. The first-order valence-corrected chi connectivity index (χ1v) is 12.9. The Kier molecular flexibility index (Phi) is 7.20. The Morgan fingerprint density at radius 2 is 1.65 bits per heavy atom. The SMILES string of the molecule is CC(C)(O)Cn1nnnc1C1CC2(c3ccccc3)NC1CCC2OCc1cc(C(F)(F)F)cc(C(F)(F)F)c1. The minimum absolute atomic E-state index is 0.0583. The number of aliphatic hydroxyl groups is 1. The van der Waals surface area contributed by atoms with Gasteiger partial charge >= 0.3 is 12.4 Å². The average molecular weight is 570 g/mol. The van der Waals surface area contributed by atoms with Crippen molar-refractivity contribution < 1.29 is 36.2 Å². The van der Waals surface area contributed by atoms with Gasteiger partial charge in [-0.15, -0.1) is 5.10 Å². The highest BCUT2D eigenvalue weighted by Crippen LogP contribution is 2.50. The van der Waals surface area contributed by atoms with Crippen LogP contribution in [0.2, 0.25) is 0 Å². The molecule has 4 unspecified atom stereocenters. The molecule has 2 N–H and O–H groups in total. The number of hydrogen-bond acceptors (Lipinski definition) is 6. The number of fused-ring (bicyclic) bond motifs is 2. The summed E-state index contributed by atoms with van der Waals surface area (Å²) >= 11 is 0. The van der Waals surface area contributed by atoms with Gasteiger partial charge in [-0.3, -0.25) is 0 Å². The predicted molar refractivity (Wildman–Crippen MR) is 131 cm³/mol. The van der Waals surface area contributed by atoms with E-state index >= 15 is 0 Å². The molecule has 5 rings (SSSR count). The molecule has 3 aromatic rings. The summed E-state index contributed by atoms with van der Waals surface area (Å²) in [6, 6.07) is 10.9. The molecule has 2 bridgehead atoms. The molecule has 40 heavy (non-hydrogen) atoms. The van der Waals surface area contributed by atoms with Gasteiger partial charge in [0, 0.05) is 12.0 Å². The van der Waals surface area contributed by atoms with Crippen molar-refractivity contribution in [3.63, 3.8) is 0 Å². The van der Waals surface area contributed by atoms with Crippen LogP contribution in [0.1, 0.15) is 67.1 Å². The molecule has 2 aromatic carbocycles. The van der Waals surface area contributed by atoms with Gasteiger partial charge in [0.15, 0.2) is 5.82 Å². The van der Waals surface area contributed by atoms with Gasteiger partial charge < -0.3 is 15.2 Å². The minimum atomic E-state index is -4.94. The summed E-state index contributed by atoms with van der Waals surface area (Å²) in [7, 11) is 0.